The van der Waals surface area contributed by atoms with E-state index in [0.717, 1.165) is 56.9 Å². The summed E-state index contributed by atoms with van der Waals surface area (Å²) in [6, 6.07) is 0. The van der Waals surface area contributed by atoms with E-state index in [1.807, 2.05) is 0 Å². The van der Waals surface area contributed by atoms with E-state index < -0.39 is 73.6 Å². The summed E-state index contributed by atoms with van der Waals surface area (Å²) in [5, 5.41) is 74.7. The van der Waals surface area contributed by atoms with Crippen LogP contribution < -0.4 is 0 Å². The van der Waals surface area contributed by atoms with E-state index in [1.54, 1.807) is 13.0 Å². The van der Waals surface area contributed by atoms with Crippen LogP contribution in [-0.4, -0.2) is 128 Å². The quantitative estimate of drug-likeness (QED) is 0.149. The molecule has 13 heteroatoms. The molecule has 4 aliphatic carbocycles. The molecule has 6 fully saturated rings. The summed E-state index contributed by atoms with van der Waals surface area (Å²) in [7, 11) is 0. The maximum Gasteiger partial charge on any atom is 0.331 e. The first-order valence-electron chi connectivity index (χ1n) is 17.9. The molecule has 7 N–H and O–H groups in total. The summed E-state index contributed by atoms with van der Waals surface area (Å²) in [6.45, 7) is 5.98. The van der Waals surface area contributed by atoms with Gasteiger partial charge in [-0.2, -0.15) is 0 Å². The number of aliphatic hydroxyl groups excluding tert-OH is 6. The van der Waals surface area contributed by atoms with E-state index in [4.69, 9.17) is 23.7 Å². The number of carbonyl (C=O) groups is 1. The molecular formula is C35H54O13. The average molecular weight is 683 g/mol. The number of carbonyl (C=O) groups excluding carboxylic acids is 1. The Morgan fingerprint density at radius 3 is 2.29 bits per heavy atom. The highest BCUT2D eigenvalue weighted by Gasteiger charge is 2.66. The van der Waals surface area contributed by atoms with E-state index in [2.05, 4.69) is 13.8 Å². The molecule has 7 rings (SSSR count). The van der Waals surface area contributed by atoms with Crippen LogP contribution in [0.1, 0.15) is 78.6 Å². The molecule has 13 nitrogen and oxygen atoms in total. The van der Waals surface area contributed by atoms with Crippen molar-refractivity contribution in [1.29, 1.82) is 0 Å². The summed E-state index contributed by atoms with van der Waals surface area (Å²) in [6.07, 6.45) is -4.11. The second-order valence-corrected chi connectivity index (χ2v) is 16.5. The van der Waals surface area contributed by atoms with E-state index in [1.165, 1.54) is 0 Å². The number of hydrogen-bond donors (Lipinski definition) is 7. The van der Waals surface area contributed by atoms with E-state index >= 15 is 0 Å². The van der Waals surface area contributed by atoms with Gasteiger partial charge in [0.25, 0.3) is 0 Å². The molecule has 0 amide bonds. The zero-order valence-corrected chi connectivity index (χ0v) is 28.1. The molecule has 0 spiro atoms. The van der Waals surface area contributed by atoms with Gasteiger partial charge < -0.3 is 59.4 Å². The minimum Gasteiger partial charge on any atom is -0.458 e. The van der Waals surface area contributed by atoms with E-state index in [-0.39, 0.29) is 34.7 Å². The van der Waals surface area contributed by atoms with Gasteiger partial charge in [-0.15, -0.1) is 0 Å². The van der Waals surface area contributed by atoms with Gasteiger partial charge in [-0.05, 0) is 105 Å². The first-order valence-corrected chi connectivity index (χ1v) is 17.9. The van der Waals surface area contributed by atoms with Gasteiger partial charge in [-0.25, -0.2) is 4.79 Å². The second-order valence-electron chi connectivity index (χ2n) is 16.5. The highest BCUT2D eigenvalue weighted by molar-refractivity contribution is 5.85. The zero-order valence-electron chi connectivity index (χ0n) is 28.1. The summed E-state index contributed by atoms with van der Waals surface area (Å²) in [5.41, 5.74) is 0.0869. The van der Waals surface area contributed by atoms with Crippen molar-refractivity contribution in [3.8, 4) is 0 Å². The number of fused-ring (bicyclic) bond motifs is 5. The van der Waals surface area contributed by atoms with Crippen LogP contribution in [0.5, 0.6) is 0 Å². The van der Waals surface area contributed by atoms with Gasteiger partial charge in [0, 0.05) is 6.08 Å². The third-order valence-electron chi connectivity index (χ3n) is 14.0. The maximum absolute atomic E-state index is 12.5. The van der Waals surface area contributed by atoms with Crippen molar-refractivity contribution < 1.29 is 64.2 Å². The molecule has 3 heterocycles. The number of cyclic esters (lactones) is 1. The molecule has 0 aromatic heterocycles. The molecule has 18 atom stereocenters. The molecule has 0 bridgehead atoms. The maximum atomic E-state index is 12.5. The third kappa shape index (κ3) is 5.60. The highest BCUT2D eigenvalue weighted by Crippen LogP contribution is 2.69. The van der Waals surface area contributed by atoms with Crippen LogP contribution >= 0.6 is 0 Å². The number of ether oxygens (including phenoxy) is 5. The van der Waals surface area contributed by atoms with Crippen molar-refractivity contribution >= 4 is 5.97 Å². The van der Waals surface area contributed by atoms with Crippen molar-refractivity contribution in [3.63, 3.8) is 0 Å². The number of aliphatic hydroxyl groups is 7. The van der Waals surface area contributed by atoms with Crippen molar-refractivity contribution in [2.24, 2.45) is 34.5 Å². The molecule has 0 aromatic carbocycles. The Balaban J connectivity index is 0.976. The Morgan fingerprint density at radius 2 is 1.58 bits per heavy atom. The normalized spacial score (nSPS) is 55.3. The van der Waals surface area contributed by atoms with Gasteiger partial charge in [0.05, 0.1) is 24.4 Å². The van der Waals surface area contributed by atoms with Gasteiger partial charge in [0.2, 0.25) is 0 Å². The average Bonchev–Trinajstić information content (AvgIpc) is 3.61. The van der Waals surface area contributed by atoms with Crippen molar-refractivity contribution in [2.45, 2.75) is 152 Å². The van der Waals surface area contributed by atoms with Crippen LogP contribution in [-0.2, 0) is 28.5 Å². The standard InChI is InChI=1S/C35H54O13/c1-16-30(48-32-28(41)26(39)25(38)23(14-36)47-32)27(40)29(42)31(45-16)46-20-6-9-34(3)19(11-20)4-5-22-21(34)7-8-33(2)12-18(13-35(22,33)43)17-10-24(37)44-15-17/h10,16,18-23,25-32,36,38-43H,4-9,11-15H2,1-3H3/t16-,18+,19+,20-,21-,22+,23+,25+,26-,27-,28+,29-,30+,31+,32-,33+,34-,35-/m1/s1. The highest BCUT2D eigenvalue weighted by atomic mass is 16.7. The lowest BCUT2D eigenvalue weighted by Gasteiger charge is -2.63. The molecule has 48 heavy (non-hydrogen) atoms. The molecule has 3 aliphatic heterocycles. The lowest BCUT2D eigenvalue weighted by molar-refractivity contribution is -0.360. The Bertz CT molecular complexity index is 1240. The Kier molecular flexibility index (Phi) is 9.36. The minimum atomic E-state index is -1.65. The van der Waals surface area contributed by atoms with E-state index in [0.29, 0.717) is 24.9 Å². The lowest BCUT2D eigenvalue weighted by atomic mass is 9.44. The molecule has 0 radical (unpaired) electrons. The minimum absolute atomic E-state index is 0.0345. The van der Waals surface area contributed by atoms with Crippen LogP contribution in [0.3, 0.4) is 0 Å². The van der Waals surface area contributed by atoms with Crippen molar-refractivity contribution in [3.05, 3.63) is 11.6 Å². The summed E-state index contributed by atoms with van der Waals surface area (Å²) >= 11 is 0. The number of esters is 1. The van der Waals surface area contributed by atoms with Crippen LogP contribution in [0.2, 0.25) is 0 Å². The Labute approximate surface area is 281 Å². The predicted molar refractivity (Wildman–Crippen MR) is 166 cm³/mol. The molecule has 0 aromatic rings. The summed E-state index contributed by atoms with van der Waals surface area (Å²) < 4.78 is 28.8. The van der Waals surface area contributed by atoms with Gasteiger partial charge >= 0.3 is 5.97 Å². The van der Waals surface area contributed by atoms with Crippen LogP contribution in [0.25, 0.3) is 0 Å². The van der Waals surface area contributed by atoms with Gasteiger partial charge in [-0.3, -0.25) is 0 Å². The SMILES string of the molecule is C[C@H]1O[C@@H](O[C@@H]2CC[C@]3(C)[C@@H](CC[C@H]4[C@H]3CC[C@@]3(C)C[C@H](C5=CC(=O)OC5)C[C@@]43O)C2)[C@H](O)[C@@H](O)[C@H]1O[C@H]1O[C@@H](CO)[C@H](O)[C@@H](O)[C@@H]1O. The fraction of sp³-hybridized carbons (Fsp3) is 0.914. The molecule has 2 saturated heterocycles. The molecule has 4 saturated carbocycles. The third-order valence-corrected chi connectivity index (χ3v) is 14.0. The smallest absolute Gasteiger partial charge is 0.331 e. The first-order chi connectivity index (χ1) is 22.7. The van der Waals surface area contributed by atoms with Gasteiger partial charge in [-0.1, -0.05) is 13.8 Å². The summed E-state index contributed by atoms with van der Waals surface area (Å²) in [4.78, 5) is 11.8. The number of hydrogen-bond acceptors (Lipinski definition) is 13. The second kappa shape index (κ2) is 12.8. The largest absolute Gasteiger partial charge is 0.458 e. The Morgan fingerprint density at radius 1 is 0.854 bits per heavy atom. The zero-order chi connectivity index (χ0) is 34.3. The lowest BCUT2D eigenvalue weighted by Crippen LogP contribution is -2.64. The first kappa shape index (κ1) is 35.2. The van der Waals surface area contributed by atoms with Crippen LogP contribution in [0.4, 0.5) is 0 Å². The van der Waals surface area contributed by atoms with E-state index in [9.17, 15) is 40.5 Å². The van der Waals surface area contributed by atoms with Crippen LogP contribution in [0, 0.1) is 34.5 Å². The van der Waals surface area contributed by atoms with Crippen LogP contribution in [0.15, 0.2) is 11.6 Å². The molecule has 7 aliphatic rings. The fourth-order valence-corrected chi connectivity index (χ4v) is 11.1. The predicted octanol–water partition coefficient (Wildman–Crippen LogP) is 0.280. The monoisotopic (exact) mass is 682 g/mol. The Hall–Kier alpha value is -1.23. The van der Waals surface area contributed by atoms with Crippen molar-refractivity contribution in [2.75, 3.05) is 13.2 Å². The fourth-order valence-electron chi connectivity index (χ4n) is 11.1. The topological polar surface area (TPSA) is 205 Å². The molecule has 272 valence electrons. The summed E-state index contributed by atoms with van der Waals surface area (Å²) in [5.74, 6) is 0.832. The van der Waals surface area contributed by atoms with Crippen molar-refractivity contribution in [1.82, 2.24) is 0 Å². The molecular weight excluding hydrogens is 628 g/mol. The van der Waals surface area contributed by atoms with Gasteiger partial charge in [0.1, 0.15) is 49.3 Å². The number of rotatable bonds is 6. The molecule has 0 unspecified atom stereocenters. The van der Waals surface area contributed by atoms with Gasteiger partial charge in [0.15, 0.2) is 12.6 Å².